The van der Waals surface area contributed by atoms with Gasteiger partial charge in [0.15, 0.2) is 5.15 Å². The number of fused-ring (bicyclic) bond motifs is 1. The number of aromatic nitrogens is 3. The standard InChI is InChI=1S/C17H13Cl2F3N6OS/c1-6-11-12(23)13(30-16(11)27-26-14(6)19)15(29)25-7-4-28(5-7)9-2-10(17(20,21)22)24-3-8(9)18/h2-3,7H,4-5,23H2,1H3,(H,25,29). The van der Waals surface area contributed by atoms with Gasteiger partial charge in [0.2, 0.25) is 0 Å². The maximum Gasteiger partial charge on any atom is 0.433 e. The summed E-state index contributed by atoms with van der Waals surface area (Å²) in [5.41, 5.74) is 6.22. The van der Waals surface area contributed by atoms with Crippen LogP contribution in [-0.2, 0) is 6.18 Å². The predicted molar refractivity (Wildman–Crippen MR) is 109 cm³/mol. The lowest BCUT2D eigenvalue weighted by Gasteiger charge is -2.41. The van der Waals surface area contributed by atoms with Crippen LogP contribution in [0, 0.1) is 6.92 Å². The molecule has 1 amide bonds. The molecule has 0 aromatic carbocycles. The van der Waals surface area contributed by atoms with E-state index in [4.69, 9.17) is 28.9 Å². The van der Waals surface area contributed by atoms with E-state index in [0.717, 1.165) is 23.6 Å². The molecule has 4 rings (SSSR count). The van der Waals surface area contributed by atoms with E-state index in [-0.39, 0.29) is 32.5 Å². The van der Waals surface area contributed by atoms with Crippen LogP contribution in [0.5, 0.6) is 0 Å². The number of hydrogen-bond donors (Lipinski definition) is 2. The first kappa shape index (κ1) is 20.9. The maximum absolute atomic E-state index is 12.9. The number of thiophene rings is 1. The smallest absolute Gasteiger partial charge is 0.397 e. The fourth-order valence-corrected chi connectivity index (χ4v) is 4.50. The highest BCUT2D eigenvalue weighted by Crippen LogP contribution is 2.37. The number of amides is 1. The van der Waals surface area contributed by atoms with Crippen LogP contribution in [0.25, 0.3) is 10.2 Å². The molecule has 1 aliphatic heterocycles. The molecular formula is C17H13Cl2F3N6OS. The minimum Gasteiger partial charge on any atom is -0.397 e. The van der Waals surface area contributed by atoms with Crippen molar-refractivity contribution in [2.75, 3.05) is 23.7 Å². The molecule has 13 heteroatoms. The summed E-state index contributed by atoms with van der Waals surface area (Å²) in [5, 5.41) is 11.5. The van der Waals surface area contributed by atoms with Crippen molar-refractivity contribution < 1.29 is 18.0 Å². The first-order chi connectivity index (χ1) is 14.1. The van der Waals surface area contributed by atoms with Gasteiger partial charge in [-0.3, -0.25) is 9.78 Å². The molecule has 0 unspecified atom stereocenters. The third-order valence-electron chi connectivity index (χ3n) is 4.73. The molecule has 0 aliphatic carbocycles. The van der Waals surface area contributed by atoms with Crippen LogP contribution >= 0.6 is 34.5 Å². The van der Waals surface area contributed by atoms with Crippen LogP contribution in [-0.4, -0.2) is 40.2 Å². The molecule has 3 aromatic heterocycles. The lowest BCUT2D eigenvalue weighted by Crippen LogP contribution is -2.59. The SMILES string of the molecule is Cc1c(Cl)nnc2sc(C(=O)NC3CN(c4cc(C(F)(F)F)ncc4Cl)C3)c(N)c12. The van der Waals surface area contributed by atoms with Crippen molar-refractivity contribution in [2.24, 2.45) is 0 Å². The zero-order chi connectivity index (χ0) is 21.8. The summed E-state index contributed by atoms with van der Waals surface area (Å²) < 4.78 is 38.7. The number of pyridine rings is 1. The van der Waals surface area contributed by atoms with Gasteiger partial charge in [-0.2, -0.15) is 13.2 Å². The summed E-state index contributed by atoms with van der Waals surface area (Å²) in [4.78, 5) is 18.4. The molecule has 4 heterocycles. The number of hydrogen-bond acceptors (Lipinski definition) is 7. The van der Waals surface area contributed by atoms with Crippen LogP contribution in [0.3, 0.4) is 0 Å². The van der Waals surface area contributed by atoms with Crippen molar-refractivity contribution in [1.82, 2.24) is 20.5 Å². The molecule has 0 bridgehead atoms. The van der Waals surface area contributed by atoms with Crippen molar-refractivity contribution >= 4 is 62.0 Å². The first-order valence-corrected chi connectivity index (χ1v) is 10.1. The minimum atomic E-state index is -4.57. The van der Waals surface area contributed by atoms with Gasteiger partial charge in [0.05, 0.1) is 22.4 Å². The predicted octanol–water partition coefficient (Wildman–Crippen LogP) is 3.92. The molecule has 7 nitrogen and oxygen atoms in total. The largest absolute Gasteiger partial charge is 0.433 e. The number of rotatable bonds is 3. The Morgan fingerprint density at radius 3 is 2.70 bits per heavy atom. The molecule has 0 spiro atoms. The lowest BCUT2D eigenvalue weighted by atomic mass is 10.1. The number of alkyl halides is 3. The Labute approximate surface area is 182 Å². The number of carbonyl (C=O) groups is 1. The van der Waals surface area contributed by atoms with E-state index in [2.05, 4.69) is 20.5 Å². The number of halogens is 5. The highest BCUT2D eigenvalue weighted by atomic mass is 35.5. The van der Waals surface area contributed by atoms with Crippen molar-refractivity contribution in [3.8, 4) is 0 Å². The average molecular weight is 477 g/mol. The van der Waals surface area contributed by atoms with Gasteiger partial charge in [-0.05, 0) is 13.0 Å². The van der Waals surface area contributed by atoms with Gasteiger partial charge < -0.3 is 16.0 Å². The Bertz CT molecular complexity index is 1160. The van der Waals surface area contributed by atoms with Gasteiger partial charge in [-0.25, -0.2) is 0 Å². The van der Waals surface area contributed by atoms with Crippen LogP contribution in [0.2, 0.25) is 10.2 Å². The van der Waals surface area contributed by atoms with Gasteiger partial charge in [0.1, 0.15) is 15.4 Å². The highest BCUT2D eigenvalue weighted by molar-refractivity contribution is 7.21. The number of anilines is 2. The second-order valence-electron chi connectivity index (χ2n) is 6.73. The minimum absolute atomic E-state index is 0.104. The van der Waals surface area contributed by atoms with E-state index in [9.17, 15) is 18.0 Å². The van der Waals surface area contributed by atoms with Crippen LogP contribution < -0.4 is 16.0 Å². The van der Waals surface area contributed by atoms with Gasteiger partial charge in [-0.1, -0.05) is 23.2 Å². The Morgan fingerprint density at radius 2 is 2.03 bits per heavy atom. The van der Waals surface area contributed by atoms with E-state index in [1.165, 1.54) is 0 Å². The number of carbonyl (C=O) groups excluding carboxylic acids is 1. The highest BCUT2D eigenvalue weighted by Gasteiger charge is 2.36. The second-order valence-corrected chi connectivity index (χ2v) is 8.50. The molecule has 0 radical (unpaired) electrons. The summed E-state index contributed by atoms with van der Waals surface area (Å²) in [6.07, 6.45) is -3.60. The topological polar surface area (TPSA) is 97.0 Å². The fraction of sp³-hybridized carbons (Fsp3) is 0.294. The van der Waals surface area contributed by atoms with Crippen molar-refractivity contribution in [2.45, 2.75) is 19.1 Å². The number of nitrogens with one attached hydrogen (secondary N) is 1. The van der Waals surface area contributed by atoms with Crippen molar-refractivity contribution in [3.63, 3.8) is 0 Å². The van der Waals surface area contributed by atoms with Gasteiger partial charge in [0.25, 0.3) is 5.91 Å². The summed E-state index contributed by atoms with van der Waals surface area (Å²) in [6, 6.07) is 0.617. The number of nitrogen functional groups attached to an aromatic ring is 1. The molecule has 158 valence electrons. The summed E-state index contributed by atoms with van der Waals surface area (Å²) in [6.45, 7) is 2.33. The molecule has 30 heavy (non-hydrogen) atoms. The molecule has 3 aromatic rings. The van der Waals surface area contributed by atoms with Gasteiger partial charge in [0, 0.05) is 30.2 Å². The van der Waals surface area contributed by atoms with Crippen LogP contribution in [0.1, 0.15) is 20.9 Å². The fourth-order valence-electron chi connectivity index (χ4n) is 3.14. The Hall–Kier alpha value is -2.37. The number of aryl methyl sites for hydroxylation is 1. The van der Waals surface area contributed by atoms with E-state index in [1.807, 2.05) is 0 Å². The van der Waals surface area contributed by atoms with Crippen LogP contribution in [0.15, 0.2) is 12.3 Å². The first-order valence-electron chi connectivity index (χ1n) is 8.55. The normalized spacial score (nSPS) is 14.8. The Kier molecular flexibility index (Phi) is 5.15. The Balaban J connectivity index is 1.47. The molecule has 1 fully saturated rings. The summed E-state index contributed by atoms with van der Waals surface area (Å²) in [5.74, 6) is -0.396. The van der Waals surface area contributed by atoms with Gasteiger partial charge in [-0.15, -0.1) is 21.5 Å². The van der Waals surface area contributed by atoms with E-state index < -0.39 is 17.8 Å². The van der Waals surface area contributed by atoms with E-state index in [0.29, 0.717) is 28.9 Å². The summed E-state index contributed by atoms with van der Waals surface area (Å²) >= 11 is 13.1. The summed E-state index contributed by atoms with van der Waals surface area (Å²) in [7, 11) is 0. The average Bonchev–Trinajstić information content (AvgIpc) is 2.98. The monoisotopic (exact) mass is 476 g/mol. The van der Waals surface area contributed by atoms with Gasteiger partial charge >= 0.3 is 6.18 Å². The molecule has 1 saturated heterocycles. The molecule has 3 N–H and O–H groups in total. The molecular weight excluding hydrogens is 464 g/mol. The second kappa shape index (κ2) is 7.40. The van der Waals surface area contributed by atoms with E-state index >= 15 is 0 Å². The molecule has 0 saturated carbocycles. The third kappa shape index (κ3) is 3.61. The zero-order valence-corrected chi connectivity index (χ0v) is 17.5. The lowest BCUT2D eigenvalue weighted by molar-refractivity contribution is -0.141. The quantitative estimate of drug-likeness (QED) is 0.594. The Morgan fingerprint density at radius 1 is 1.33 bits per heavy atom. The third-order valence-corrected chi connectivity index (χ3v) is 6.47. The van der Waals surface area contributed by atoms with Crippen molar-refractivity contribution in [1.29, 1.82) is 0 Å². The number of nitrogens with two attached hydrogens (primary N) is 1. The molecule has 0 atom stereocenters. The maximum atomic E-state index is 12.9. The van der Waals surface area contributed by atoms with Crippen LogP contribution in [0.4, 0.5) is 24.5 Å². The molecule has 1 aliphatic rings. The zero-order valence-electron chi connectivity index (χ0n) is 15.2. The van der Waals surface area contributed by atoms with E-state index in [1.54, 1.807) is 11.8 Å². The van der Waals surface area contributed by atoms with Crippen molar-refractivity contribution in [3.05, 3.63) is 38.6 Å². The number of nitrogens with zero attached hydrogens (tertiary/aromatic N) is 4.